The Morgan fingerprint density at radius 3 is 2.77 bits per heavy atom. The van der Waals surface area contributed by atoms with Gasteiger partial charge in [-0.3, -0.25) is 14.5 Å². The van der Waals surface area contributed by atoms with Crippen LogP contribution in [0.5, 0.6) is 11.5 Å². The van der Waals surface area contributed by atoms with Crippen LogP contribution in [-0.2, 0) is 16.1 Å². The quantitative estimate of drug-likeness (QED) is 0.578. The maximum Gasteiger partial charge on any atom is 0.309 e. The van der Waals surface area contributed by atoms with Crippen LogP contribution in [0.25, 0.3) is 6.08 Å². The zero-order valence-corrected chi connectivity index (χ0v) is 17.3. The first-order chi connectivity index (χ1) is 15.0. The molecule has 2 aliphatic rings. The average Bonchev–Trinajstić information content (AvgIpc) is 3.06. The number of allylic oxidation sites excluding steroid dienone is 1. The van der Waals surface area contributed by atoms with Crippen LogP contribution in [-0.4, -0.2) is 41.5 Å². The second kappa shape index (κ2) is 8.89. The highest BCUT2D eigenvalue weighted by Gasteiger charge is 2.33. The number of carbonyl (C=O) groups excluding carboxylic acids is 2. The van der Waals surface area contributed by atoms with Crippen molar-refractivity contribution in [3.8, 4) is 11.5 Å². The van der Waals surface area contributed by atoms with Gasteiger partial charge in [-0.1, -0.05) is 12.1 Å². The Morgan fingerprint density at radius 2 is 2.06 bits per heavy atom. The number of phenols is 1. The molecule has 0 saturated carbocycles. The number of rotatable bonds is 5. The van der Waals surface area contributed by atoms with E-state index in [2.05, 4.69) is 4.90 Å². The predicted octanol–water partition coefficient (Wildman–Crippen LogP) is 3.92. The van der Waals surface area contributed by atoms with Gasteiger partial charge in [0.15, 0.2) is 5.76 Å². The summed E-state index contributed by atoms with van der Waals surface area (Å²) in [5.41, 5.74) is 1.42. The van der Waals surface area contributed by atoms with Crippen LogP contribution >= 0.6 is 0 Å². The van der Waals surface area contributed by atoms with E-state index in [1.165, 1.54) is 30.3 Å². The molecule has 0 amide bonds. The molecular formula is C24H24FNO5. The van der Waals surface area contributed by atoms with Gasteiger partial charge in [0.2, 0.25) is 5.78 Å². The molecule has 0 aliphatic carbocycles. The van der Waals surface area contributed by atoms with E-state index in [0.29, 0.717) is 61.5 Å². The van der Waals surface area contributed by atoms with E-state index < -0.39 is 5.82 Å². The molecule has 2 heterocycles. The van der Waals surface area contributed by atoms with Crippen molar-refractivity contribution in [1.82, 2.24) is 4.90 Å². The van der Waals surface area contributed by atoms with Gasteiger partial charge in [0.05, 0.1) is 23.7 Å². The number of ketones is 1. The predicted molar refractivity (Wildman–Crippen MR) is 112 cm³/mol. The maximum absolute atomic E-state index is 13.5. The highest BCUT2D eigenvalue weighted by atomic mass is 19.1. The number of piperidine rings is 1. The summed E-state index contributed by atoms with van der Waals surface area (Å²) in [4.78, 5) is 26.9. The van der Waals surface area contributed by atoms with E-state index >= 15 is 0 Å². The third kappa shape index (κ3) is 4.46. The van der Waals surface area contributed by atoms with Gasteiger partial charge < -0.3 is 14.6 Å². The van der Waals surface area contributed by atoms with Crippen molar-refractivity contribution in [3.05, 3.63) is 64.7 Å². The number of nitrogens with zero attached hydrogens (tertiary/aromatic N) is 1. The molecule has 0 radical (unpaired) electrons. The molecule has 0 atom stereocenters. The van der Waals surface area contributed by atoms with Crippen LogP contribution in [0.4, 0.5) is 4.39 Å². The first-order valence-electron chi connectivity index (χ1n) is 10.4. The Balaban J connectivity index is 1.51. The number of hydrogen-bond acceptors (Lipinski definition) is 6. The zero-order chi connectivity index (χ0) is 22.0. The van der Waals surface area contributed by atoms with Crippen LogP contribution in [0.15, 0.2) is 42.2 Å². The number of halogens is 1. The summed E-state index contributed by atoms with van der Waals surface area (Å²) in [5, 5.41) is 10.5. The molecule has 2 aliphatic heterocycles. The van der Waals surface area contributed by atoms with Crippen molar-refractivity contribution in [1.29, 1.82) is 0 Å². The number of likely N-dealkylation sites (tertiary alicyclic amines) is 1. The third-order valence-corrected chi connectivity index (χ3v) is 5.65. The second-order valence-electron chi connectivity index (χ2n) is 7.74. The second-order valence-corrected chi connectivity index (χ2v) is 7.74. The minimum Gasteiger partial charge on any atom is -0.507 e. The lowest BCUT2D eigenvalue weighted by Gasteiger charge is -2.31. The van der Waals surface area contributed by atoms with Crippen molar-refractivity contribution in [2.45, 2.75) is 26.3 Å². The molecule has 4 rings (SSSR count). The Labute approximate surface area is 179 Å². The number of fused-ring (bicyclic) bond motifs is 1. The van der Waals surface area contributed by atoms with E-state index in [-0.39, 0.29) is 29.2 Å². The van der Waals surface area contributed by atoms with Crippen molar-refractivity contribution in [3.63, 3.8) is 0 Å². The van der Waals surface area contributed by atoms with Gasteiger partial charge in [0.25, 0.3) is 0 Å². The topological polar surface area (TPSA) is 76.1 Å². The molecule has 1 saturated heterocycles. The smallest absolute Gasteiger partial charge is 0.309 e. The normalized spacial score (nSPS) is 18.1. The number of Topliss-reactive ketones (excluding diaryl/α,β-unsaturated/α-hetero) is 1. The average molecular weight is 425 g/mol. The lowest BCUT2D eigenvalue weighted by Crippen LogP contribution is -2.36. The van der Waals surface area contributed by atoms with E-state index in [4.69, 9.17) is 9.47 Å². The van der Waals surface area contributed by atoms with Gasteiger partial charge in [-0.15, -0.1) is 0 Å². The fourth-order valence-corrected chi connectivity index (χ4v) is 4.01. The molecule has 7 heteroatoms. The van der Waals surface area contributed by atoms with Crippen molar-refractivity contribution >= 4 is 17.8 Å². The van der Waals surface area contributed by atoms with Gasteiger partial charge in [0.1, 0.15) is 17.3 Å². The lowest BCUT2D eigenvalue weighted by molar-refractivity contribution is -0.149. The number of hydrogen-bond donors (Lipinski definition) is 1. The van der Waals surface area contributed by atoms with Gasteiger partial charge in [-0.05, 0) is 68.8 Å². The van der Waals surface area contributed by atoms with E-state index in [1.807, 2.05) is 0 Å². The monoisotopic (exact) mass is 425 g/mol. The number of carbonyl (C=O) groups is 2. The van der Waals surface area contributed by atoms with Crippen molar-refractivity contribution < 1.29 is 28.6 Å². The lowest BCUT2D eigenvalue weighted by atomic mass is 9.96. The summed E-state index contributed by atoms with van der Waals surface area (Å²) >= 11 is 0. The molecule has 2 aromatic rings. The summed E-state index contributed by atoms with van der Waals surface area (Å²) in [5.74, 6) is -0.500. The molecule has 1 N–H and O–H groups in total. The summed E-state index contributed by atoms with van der Waals surface area (Å²) in [6.07, 6.45) is 2.86. The fraction of sp³-hybridized carbons (Fsp3) is 0.333. The molecule has 1 fully saturated rings. The van der Waals surface area contributed by atoms with E-state index in [1.54, 1.807) is 19.1 Å². The molecule has 31 heavy (non-hydrogen) atoms. The van der Waals surface area contributed by atoms with E-state index in [9.17, 15) is 19.1 Å². The minimum atomic E-state index is -0.401. The highest BCUT2D eigenvalue weighted by molar-refractivity contribution is 6.15. The fourth-order valence-electron chi connectivity index (χ4n) is 4.01. The Kier molecular flexibility index (Phi) is 6.04. The SMILES string of the molecule is CCOC(=O)C1CCN(Cc2c(O)ccc3c2O/C(=C/c2cccc(F)c2)C3=O)CC1. The Morgan fingerprint density at radius 1 is 1.29 bits per heavy atom. The van der Waals surface area contributed by atoms with Crippen LogP contribution in [0.1, 0.15) is 41.3 Å². The molecule has 0 unspecified atom stereocenters. The standard InChI is InChI=1S/C24H24FNO5/c1-2-30-24(29)16-8-10-26(11-9-16)14-19-20(27)7-6-18-22(28)21(31-23(18)19)13-15-4-3-5-17(25)12-15/h3-7,12-13,16,27H,2,8-11,14H2,1H3/b21-13+. The van der Waals surface area contributed by atoms with Gasteiger partial charge in [0, 0.05) is 6.54 Å². The molecule has 2 aromatic carbocycles. The van der Waals surface area contributed by atoms with Crippen molar-refractivity contribution in [2.75, 3.05) is 19.7 Å². The maximum atomic E-state index is 13.5. The van der Waals surface area contributed by atoms with Crippen LogP contribution < -0.4 is 4.74 Å². The first-order valence-corrected chi connectivity index (χ1v) is 10.4. The number of esters is 1. The largest absolute Gasteiger partial charge is 0.507 e. The van der Waals surface area contributed by atoms with Crippen LogP contribution in [0.3, 0.4) is 0 Å². The molecular weight excluding hydrogens is 401 g/mol. The number of ether oxygens (including phenoxy) is 2. The molecule has 0 spiro atoms. The molecule has 0 aromatic heterocycles. The third-order valence-electron chi connectivity index (χ3n) is 5.65. The minimum absolute atomic E-state index is 0.0473. The van der Waals surface area contributed by atoms with Crippen LogP contribution in [0, 0.1) is 11.7 Å². The van der Waals surface area contributed by atoms with Crippen molar-refractivity contribution in [2.24, 2.45) is 5.92 Å². The molecule has 6 nitrogen and oxygen atoms in total. The van der Waals surface area contributed by atoms with Gasteiger partial charge in [-0.25, -0.2) is 4.39 Å². The summed E-state index contributed by atoms with van der Waals surface area (Å²) in [6, 6.07) is 8.92. The summed E-state index contributed by atoms with van der Waals surface area (Å²) < 4.78 is 24.4. The Bertz CT molecular complexity index is 1040. The molecule has 0 bridgehead atoms. The number of benzene rings is 2. The number of phenolic OH excluding ortho intramolecular Hbond substituents is 1. The van der Waals surface area contributed by atoms with Gasteiger partial charge in [-0.2, -0.15) is 0 Å². The zero-order valence-electron chi connectivity index (χ0n) is 17.3. The first kappa shape index (κ1) is 21.1. The van der Waals surface area contributed by atoms with Crippen LogP contribution in [0.2, 0.25) is 0 Å². The molecule has 162 valence electrons. The van der Waals surface area contributed by atoms with E-state index in [0.717, 1.165) is 0 Å². The number of aromatic hydroxyl groups is 1. The summed E-state index contributed by atoms with van der Waals surface area (Å²) in [6.45, 7) is 3.91. The highest BCUT2D eigenvalue weighted by Crippen LogP contribution is 2.40. The summed E-state index contributed by atoms with van der Waals surface area (Å²) in [7, 11) is 0. The van der Waals surface area contributed by atoms with Gasteiger partial charge >= 0.3 is 5.97 Å². The Hall–Kier alpha value is -3.19.